The first-order valence-corrected chi connectivity index (χ1v) is 10.0. The average Bonchev–Trinajstić information content (AvgIpc) is 3.12. The summed E-state index contributed by atoms with van der Waals surface area (Å²) in [6.07, 6.45) is 1.50. The zero-order valence-corrected chi connectivity index (χ0v) is 16.0. The van der Waals surface area contributed by atoms with Gasteiger partial charge in [0.05, 0.1) is 16.3 Å². The summed E-state index contributed by atoms with van der Waals surface area (Å²) in [6, 6.07) is 17.4. The molecule has 1 amide bonds. The Labute approximate surface area is 162 Å². The van der Waals surface area contributed by atoms with Crippen LogP contribution in [-0.4, -0.2) is 29.0 Å². The number of nitrogens with zero attached hydrogens (tertiary/aromatic N) is 2. The predicted octanol–water partition coefficient (Wildman–Crippen LogP) is 4.65. The summed E-state index contributed by atoms with van der Waals surface area (Å²) >= 11 is 1.46. The van der Waals surface area contributed by atoms with E-state index in [0.717, 1.165) is 40.1 Å². The van der Waals surface area contributed by atoms with Crippen LogP contribution >= 0.6 is 11.8 Å². The molecular weight excluding hydrogens is 356 g/mol. The van der Waals surface area contributed by atoms with Gasteiger partial charge in [-0.1, -0.05) is 30.0 Å². The summed E-state index contributed by atoms with van der Waals surface area (Å²) in [5.74, 6) is 0.557. The monoisotopic (exact) mass is 376 g/mol. The molecule has 0 N–H and O–H groups in total. The van der Waals surface area contributed by atoms with Crippen LogP contribution in [0.25, 0.3) is 10.9 Å². The molecule has 0 atom stereocenters. The standard InChI is InChI=1S/C22H20N2O2S/c1-15-13-21(23-19-6-3-2-5-18(15)19)27-14-20(25)16-8-10-17(11-9-16)24-12-4-7-22(24)26/h2-3,5-6,8-11,13H,4,7,12,14H2,1H3. The summed E-state index contributed by atoms with van der Waals surface area (Å²) in [6.45, 7) is 2.82. The van der Waals surface area contributed by atoms with Crippen molar-refractivity contribution < 1.29 is 9.59 Å². The second-order valence-electron chi connectivity index (χ2n) is 6.70. The molecule has 1 saturated heterocycles. The number of ketones is 1. The lowest BCUT2D eigenvalue weighted by Gasteiger charge is -2.15. The van der Waals surface area contributed by atoms with Gasteiger partial charge in [-0.2, -0.15) is 0 Å². The SMILES string of the molecule is Cc1cc(SCC(=O)c2ccc(N3CCCC3=O)cc2)nc2ccccc12. The van der Waals surface area contributed by atoms with E-state index < -0.39 is 0 Å². The number of hydrogen-bond acceptors (Lipinski definition) is 4. The van der Waals surface area contributed by atoms with Crippen molar-refractivity contribution in [3.8, 4) is 0 Å². The maximum absolute atomic E-state index is 12.5. The fraction of sp³-hybridized carbons (Fsp3) is 0.227. The number of carbonyl (C=O) groups is 2. The highest BCUT2D eigenvalue weighted by molar-refractivity contribution is 7.99. The fourth-order valence-corrected chi connectivity index (χ4v) is 4.23. The van der Waals surface area contributed by atoms with E-state index in [1.807, 2.05) is 48.5 Å². The van der Waals surface area contributed by atoms with Gasteiger partial charge in [0.2, 0.25) is 5.91 Å². The van der Waals surface area contributed by atoms with E-state index in [9.17, 15) is 9.59 Å². The van der Waals surface area contributed by atoms with Gasteiger partial charge in [0, 0.05) is 29.6 Å². The van der Waals surface area contributed by atoms with Crippen LogP contribution in [0.3, 0.4) is 0 Å². The Kier molecular flexibility index (Phi) is 4.94. The zero-order chi connectivity index (χ0) is 18.8. The van der Waals surface area contributed by atoms with Crippen LogP contribution in [0.2, 0.25) is 0 Å². The van der Waals surface area contributed by atoms with E-state index in [-0.39, 0.29) is 11.7 Å². The molecule has 0 radical (unpaired) electrons. The van der Waals surface area contributed by atoms with E-state index in [1.54, 1.807) is 4.90 Å². The van der Waals surface area contributed by atoms with E-state index in [1.165, 1.54) is 11.8 Å². The molecule has 1 aliphatic rings. The van der Waals surface area contributed by atoms with Crippen molar-refractivity contribution in [1.29, 1.82) is 0 Å². The molecule has 0 bridgehead atoms. The van der Waals surface area contributed by atoms with Crippen molar-refractivity contribution in [3.05, 3.63) is 65.7 Å². The number of rotatable bonds is 5. The minimum atomic E-state index is 0.0620. The van der Waals surface area contributed by atoms with Gasteiger partial charge in [-0.25, -0.2) is 4.98 Å². The Morgan fingerprint density at radius 2 is 1.93 bits per heavy atom. The average molecular weight is 376 g/mol. The van der Waals surface area contributed by atoms with E-state index >= 15 is 0 Å². The minimum absolute atomic E-state index is 0.0620. The summed E-state index contributed by atoms with van der Waals surface area (Å²) in [7, 11) is 0. The number of carbonyl (C=O) groups excluding carboxylic acids is 2. The predicted molar refractivity (Wildman–Crippen MR) is 110 cm³/mol. The van der Waals surface area contributed by atoms with Gasteiger partial charge in [-0.05, 0) is 55.3 Å². The maximum atomic E-state index is 12.5. The Morgan fingerprint density at radius 1 is 1.15 bits per heavy atom. The molecule has 1 aromatic heterocycles. The number of fused-ring (bicyclic) bond motifs is 1. The van der Waals surface area contributed by atoms with Crippen LogP contribution < -0.4 is 4.90 Å². The van der Waals surface area contributed by atoms with Crippen molar-refractivity contribution in [2.24, 2.45) is 0 Å². The number of thioether (sulfide) groups is 1. The highest BCUT2D eigenvalue weighted by Crippen LogP contribution is 2.25. The quantitative estimate of drug-likeness (QED) is 0.481. The molecule has 3 aromatic rings. The number of hydrogen-bond donors (Lipinski definition) is 0. The van der Waals surface area contributed by atoms with Crippen molar-refractivity contribution >= 4 is 40.0 Å². The van der Waals surface area contributed by atoms with Crippen LogP contribution in [0, 0.1) is 6.92 Å². The minimum Gasteiger partial charge on any atom is -0.312 e. The zero-order valence-electron chi connectivity index (χ0n) is 15.1. The second-order valence-corrected chi connectivity index (χ2v) is 7.70. The van der Waals surface area contributed by atoms with Crippen LogP contribution in [0.1, 0.15) is 28.8 Å². The Morgan fingerprint density at radius 3 is 2.67 bits per heavy atom. The van der Waals surface area contributed by atoms with Crippen LogP contribution in [0.15, 0.2) is 59.6 Å². The summed E-state index contributed by atoms with van der Waals surface area (Å²) in [5.41, 5.74) is 3.64. The molecular formula is C22H20N2O2S. The molecule has 1 fully saturated rings. The third kappa shape index (κ3) is 3.74. The highest BCUT2D eigenvalue weighted by Gasteiger charge is 2.21. The Hall–Kier alpha value is -2.66. The van der Waals surface area contributed by atoms with Gasteiger partial charge < -0.3 is 4.90 Å². The summed E-state index contributed by atoms with van der Waals surface area (Å²) < 4.78 is 0. The number of amides is 1. The topological polar surface area (TPSA) is 50.3 Å². The van der Waals surface area contributed by atoms with Crippen molar-refractivity contribution in [3.63, 3.8) is 0 Å². The number of pyridine rings is 1. The molecule has 4 rings (SSSR count). The maximum Gasteiger partial charge on any atom is 0.227 e. The lowest BCUT2D eigenvalue weighted by Crippen LogP contribution is -2.23. The molecule has 4 nitrogen and oxygen atoms in total. The fourth-order valence-electron chi connectivity index (χ4n) is 3.36. The number of anilines is 1. The number of aryl methyl sites for hydroxylation is 1. The first-order valence-electron chi connectivity index (χ1n) is 9.04. The van der Waals surface area contributed by atoms with Gasteiger partial charge in [0.1, 0.15) is 0 Å². The molecule has 0 unspecified atom stereocenters. The molecule has 1 aliphatic heterocycles. The molecule has 2 aromatic carbocycles. The number of aromatic nitrogens is 1. The molecule has 0 aliphatic carbocycles. The number of para-hydroxylation sites is 1. The highest BCUT2D eigenvalue weighted by atomic mass is 32.2. The largest absolute Gasteiger partial charge is 0.312 e. The van der Waals surface area contributed by atoms with Crippen molar-refractivity contribution in [2.45, 2.75) is 24.8 Å². The second kappa shape index (κ2) is 7.53. The van der Waals surface area contributed by atoms with Crippen LogP contribution in [0.5, 0.6) is 0 Å². The van der Waals surface area contributed by atoms with Gasteiger partial charge >= 0.3 is 0 Å². The lowest BCUT2D eigenvalue weighted by molar-refractivity contribution is -0.117. The van der Waals surface area contributed by atoms with Gasteiger partial charge in [-0.3, -0.25) is 9.59 Å². The Bertz CT molecular complexity index is 1010. The lowest BCUT2D eigenvalue weighted by atomic mass is 10.1. The molecule has 27 heavy (non-hydrogen) atoms. The first kappa shape index (κ1) is 17.7. The van der Waals surface area contributed by atoms with Crippen LogP contribution in [0.4, 0.5) is 5.69 Å². The third-order valence-electron chi connectivity index (χ3n) is 4.83. The van der Waals surface area contributed by atoms with E-state index in [2.05, 4.69) is 18.0 Å². The summed E-state index contributed by atoms with van der Waals surface area (Å²) in [5, 5.41) is 2.00. The molecule has 5 heteroatoms. The molecule has 0 saturated carbocycles. The van der Waals surface area contributed by atoms with Crippen molar-refractivity contribution in [2.75, 3.05) is 17.2 Å². The van der Waals surface area contributed by atoms with Gasteiger partial charge in [0.25, 0.3) is 0 Å². The normalized spacial score (nSPS) is 14.1. The number of Topliss-reactive ketones (excluding diaryl/α,β-unsaturated/α-hetero) is 1. The number of benzene rings is 2. The Balaban J connectivity index is 1.44. The smallest absolute Gasteiger partial charge is 0.227 e. The summed E-state index contributed by atoms with van der Waals surface area (Å²) in [4.78, 5) is 30.8. The van der Waals surface area contributed by atoms with E-state index in [4.69, 9.17) is 0 Å². The third-order valence-corrected chi connectivity index (χ3v) is 5.74. The van der Waals surface area contributed by atoms with Gasteiger partial charge in [-0.15, -0.1) is 0 Å². The van der Waals surface area contributed by atoms with Gasteiger partial charge in [0.15, 0.2) is 5.78 Å². The first-order chi connectivity index (χ1) is 13.1. The molecule has 2 heterocycles. The molecule has 0 spiro atoms. The van der Waals surface area contributed by atoms with Crippen molar-refractivity contribution in [1.82, 2.24) is 4.98 Å². The van der Waals surface area contributed by atoms with E-state index in [0.29, 0.717) is 17.7 Å². The van der Waals surface area contributed by atoms with Crippen LogP contribution in [-0.2, 0) is 4.79 Å². The molecule has 136 valence electrons.